The van der Waals surface area contributed by atoms with Gasteiger partial charge in [-0.25, -0.2) is 9.98 Å². The first-order valence-electron chi connectivity index (χ1n) is 8.93. The number of rotatable bonds is 7. The molecular weight excluding hydrogens is 366 g/mol. The van der Waals surface area contributed by atoms with Crippen LogP contribution in [0.25, 0.3) is 16.6 Å². The Labute approximate surface area is 169 Å². The second-order valence-corrected chi connectivity index (χ2v) is 6.79. The summed E-state index contributed by atoms with van der Waals surface area (Å²) in [6.07, 6.45) is 3.92. The maximum atomic E-state index is 8.34. The van der Waals surface area contributed by atoms with Crippen LogP contribution in [-0.4, -0.2) is 38.7 Å². The van der Waals surface area contributed by atoms with E-state index in [0.29, 0.717) is 46.8 Å². The third-order valence-corrected chi connectivity index (χ3v) is 3.98. The number of allylic oxidation sites excluding steroid dienone is 1. The monoisotopic (exact) mass is 393 g/mol. The number of hydrogen-bond acceptors (Lipinski definition) is 6. The second-order valence-electron chi connectivity index (χ2n) is 6.79. The van der Waals surface area contributed by atoms with Gasteiger partial charge in [0.05, 0.1) is 23.1 Å². The molecule has 2 aromatic heterocycles. The minimum atomic E-state index is -0.121. The first-order chi connectivity index (χ1) is 13.6. The fourth-order valence-electron chi connectivity index (χ4n) is 2.51. The number of aryl methyl sites for hydroxylation is 1. The average Bonchev–Trinajstić information content (AvgIpc) is 3.00. The van der Waals surface area contributed by atoms with E-state index in [1.165, 1.54) is 0 Å². The highest BCUT2D eigenvalue weighted by Crippen LogP contribution is 2.20. The van der Waals surface area contributed by atoms with Crippen LogP contribution in [0, 0.1) is 5.41 Å². The molecule has 0 bridgehead atoms. The first-order valence-corrected chi connectivity index (χ1v) is 8.93. The molecule has 0 aliphatic rings. The van der Waals surface area contributed by atoms with Crippen LogP contribution >= 0.6 is 0 Å². The molecule has 0 unspecified atom stereocenters. The average molecular weight is 393 g/mol. The number of nitrogens with zero attached hydrogens (tertiary/aromatic N) is 5. The number of pyridine rings is 1. The van der Waals surface area contributed by atoms with Gasteiger partial charge >= 0.3 is 0 Å². The third kappa shape index (κ3) is 5.38. The highest BCUT2D eigenvalue weighted by atomic mass is 15.2. The Bertz CT molecular complexity index is 1060. The molecule has 7 N–H and O–H groups in total. The van der Waals surface area contributed by atoms with E-state index in [2.05, 4.69) is 33.2 Å². The summed E-state index contributed by atoms with van der Waals surface area (Å²) in [6, 6.07) is 1.78. The number of fused-ring (bicyclic) bond motifs is 1. The molecule has 2 aromatic rings. The molecule has 0 atom stereocenters. The Balaban J connectivity index is 2.50. The third-order valence-electron chi connectivity index (χ3n) is 3.98. The van der Waals surface area contributed by atoms with Crippen molar-refractivity contribution in [2.24, 2.45) is 34.2 Å². The molecule has 0 amide bonds. The summed E-state index contributed by atoms with van der Waals surface area (Å²) in [4.78, 5) is 13.1. The van der Waals surface area contributed by atoms with Crippen molar-refractivity contribution in [2.75, 3.05) is 6.54 Å². The summed E-state index contributed by atoms with van der Waals surface area (Å²) in [6.45, 7) is 11.7. The van der Waals surface area contributed by atoms with Crippen LogP contribution in [-0.2, 0) is 7.05 Å². The number of hydrogen-bond donors (Lipinski definition) is 4. The highest BCUT2D eigenvalue weighted by molar-refractivity contribution is 6.46. The van der Waals surface area contributed by atoms with Gasteiger partial charge in [0.1, 0.15) is 11.4 Å². The molecule has 2 heterocycles. The number of nitrogens with one attached hydrogen (secondary N) is 1. The van der Waals surface area contributed by atoms with Gasteiger partial charge in [-0.3, -0.25) is 15.1 Å². The largest absolute Gasteiger partial charge is 0.402 e. The van der Waals surface area contributed by atoms with Gasteiger partial charge in [0.2, 0.25) is 0 Å². The smallest absolute Gasteiger partial charge is 0.172 e. The van der Waals surface area contributed by atoms with Gasteiger partial charge in [-0.05, 0) is 32.4 Å². The van der Waals surface area contributed by atoms with Crippen molar-refractivity contribution in [3.8, 4) is 0 Å². The molecule has 152 valence electrons. The Morgan fingerprint density at radius 2 is 1.97 bits per heavy atom. The van der Waals surface area contributed by atoms with Crippen molar-refractivity contribution in [1.29, 1.82) is 5.41 Å². The first kappa shape index (κ1) is 21.5. The lowest BCUT2D eigenvalue weighted by molar-refractivity contribution is 0.796. The van der Waals surface area contributed by atoms with E-state index in [-0.39, 0.29) is 11.7 Å². The summed E-state index contributed by atoms with van der Waals surface area (Å²) in [5.41, 5.74) is 21.5. The normalized spacial score (nSPS) is 13.0. The Hall–Kier alpha value is -3.75. The molecule has 0 radical (unpaired) electrons. The van der Waals surface area contributed by atoms with Crippen molar-refractivity contribution in [3.05, 3.63) is 54.2 Å². The van der Waals surface area contributed by atoms with E-state index in [9.17, 15) is 0 Å². The van der Waals surface area contributed by atoms with Crippen molar-refractivity contribution in [3.63, 3.8) is 0 Å². The molecule has 9 nitrogen and oxygen atoms in total. The minimum Gasteiger partial charge on any atom is -0.402 e. The van der Waals surface area contributed by atoms with Crippen molar-refractivity contribution in [2.45, 2.75) is 20.3 Å². The molecule has 0 saturated carbocycles. The molecule has 0 aliphatic carbocycles. The van der Waals surface area contributed by atoms with Gasteiger partial charge in [0.15, 0.2) is 11.7 Å². The molecule has 29 heavy (non-hydrogen) atoms. The molecule has 0 spiro atoms. The van der Waals surface area contributed by atoms with Crippen LogP contribution in [0.5, 0.6) is 0 Å². The second kappa shape index (κ2) is 8.96. The van der Waals surface area contributed by atoms with Crippen LogP contribution in [0.1, 0.15) is 31.7 Å². The number of amidine groups is 2. The van der Waals surface area contributed by atoms with Crippen LogP contribution in [0.15, 0.2) is 52.8 Å². The van der Waals surface area contributed by atoms with E-state index in [0.717, 1.165) is 11.1 Å². The number of aromatic nitrogens is 3. The lowest BCUT2D eigenvalue weighted by Crippen LogP contribution is -2.21. The van der Waals surface area contributed by atoms with Gasteiger partial charge < -0.3 is 17.2 Å². The molecule has 2 rings (SSSR count). The van der Waals surface area contributed by atoms with Crippen molar-refractivity contribution >= 4 is 34.0 Å². The van der Waals surface area contributed by atoms with E-state index < -0.39 is 0 Å². The number of aliphatic imine (C=N–C) groups is 2. The fraction of sp³-hybridized carbons (Fsp3) is 0.250. The van der Waals surface area contributed by atoms with E-state index in [4.69, 9.17) is 22.6 Å². The van der Waals surface area contributed by atoms with Gasteiger partial charge in [0, 0.05) is 24.7 Å². The summed E-state index contributed by atoms with van der Waals surface area (Å²) >= 11 is 0. The quantitative estimate of drug-likeness (QED) is 0.321. The van der Waals surface area contributed by atoms with E-state index in [1.54, 1.807) is 37.0 Å². The minimum absolute atomic E-state index is 0.0479. The fourth-order valence-corrected chi connectivity index (χ4v) is 2.51. The van der Waals surface area contributed by atoms with Crippen molar-refractivity contribution < 1.29 is 0 Å². The predicted molar refractivity (Wildman–Crippen MR) is 120 cm³/mol. The van der Waals surface area contributed by atoms with Crippen LogP contribution in [0.4, 0.5) is 0 Å². The van der Waals surface area contributed by atoms with Gasteiger partial charge in [-0.1, -0.05) is 12.2 Å². The zero-order chi connectivity index (χ0) is 21.7. The molecule has 9 heteroatoms. The standard InChI is InChI=1S/C20H27N9/c1-11(2)6-7-25-16(8-12(3)21)19(23)28-20(24)18-14-10-26-29(5)17(14)9-15(27-18)13(4)22/h8-10H,1,4,6-7,21-22H2,2-3,5H3,(H3,23,24,28)/b12-8-,25-16?. The summed E-state index contributed by atoms with van der Waals surface area (Å²) in [7, 11) is 1.80. The van der Waals surface area contributed by atoms with Gasteiger partial charge in [-0.15, -0.1) is 6.58 Å². The maximum Gasteiger partial charge on any atom is 0.172 e. The summed E-state index contributed by atoms with van der Waals surface area (Å²) in [5, 5.41) is 13.3. The zero-order valence-electron chi connectivity index (χ0n) is 17.0. The maximum absolute atomic E-state index is 8.34. The molecular formula is C20H27N9. The lowest BCUT2D eigenvalue weighted by atomic mass is 10.1. The van der Waals surface area contributed by atoms with Crippen LogP contribution in [0.3, 0.4) is 0 Å². The summed E-state index contributed by atoms with van der Waals surface area (Å²) in [5.74, 6) is -0.0726. The molecule has 0 aliphatic heterocycles. The van der Waals surface area contributed by atoms with Crippen LogP contribution < -0.4 is 17.2 Å². The van der Waals surface area contributed by atoms with Gasteiger partial charge in [0.25, 0.3) is 0 Å². The highest BCUT2D eigenvalue weighted by Gasteiger charge is 2.15. The zero-order valence-corrected chi connectivity index (χ0v) is 17.0. The Morgan fingerprint density at radius 3 is 2.55 bits per heavy atom. The predicted octanol–water partition coefficient (Wildman–Crippen LogP) is 1.85. The number of nitrogens with two attached hydrogens (primary N) is 3. The topological polar surface area (TPSA) is 157 Å². The van der Waals surface area contributed by atoms with E-state index in [1.807, 2.05) is 6.92 Å². The van der Waals surface area contributed by atoms with Gasteiger partial charge in [-0.2, -0.15) is 5.10 Å². The Kier molecular flexibility index (Phi) is 6.66. The SMILES string of the molecule is C=C(C)CCN=C(/C=C(/C)N)C(=N)N=C(N)c1nc(C(=C)N)cc2c1cnn2C. The van der Waals surface area contributed by atoms with Crippen molar-refractivity contribution in [1.82, 2.24) is 14.8 Å². The van der Waals surface area contributed by atoms with E-state index >= 15 is 0 Å². The Morgan fingerprint density at radius 1 is 1.28 bits per heavy atom. The van der Waals surface area contributed by atoms with Crippen LogP contribution in [0.2, 0.25) is 0 Å². The molecule has 0 aromatic carbocycles. The lowest BCUT2D eigenvalue weighted by Gasteiger charge is -2.08. The molecule has 0 saturated heterocycles. The molecule has 0 fully saturated rings. The summed E-state index contributed by atoms with van der Waals surface area (Å²) < 4.78 is 1.68.